The molecule has 7 heteroatoms. The van der Waals surface area contributed by atoms with Crippen molar-refractivity contribution >= 4 is 33.8 Å². The average Bonchev–Trinajstić information content (AvgIpc) is 3.20. The molecule has 2 fully saturated rings. The van der Waals surface area contributed by atoms with Gasteiger partial charge in [-0.15, -0.1) is 11.8 Å². The van der Waals surface area contributed by atoms with Crippen LogP contribution in [0.4, 0.5) is 0 Å². The number of thioether (sulfide) groups is 1. The fourth-order valence-electron chi connectivity index (χ4n) is 4.48. The van der Waals surface area contributed by atoms with Crippen LogP contribution < -0.4 is 0 Å². The molecular formula is C26H32N2O3S2. The van der Waals surface area contributed by atoms with Gasteiger partial charge in [-0.1, -0.05) is 63.2 Å². The van der Waals surface area contributed by atoms with E-state index in [1.54, 1.807) is 17.8 Å². The van der Waals surface area contributed by atoms with Gasteiger partial charge in [0.05, 0.1) is 4.87 Å². The van der Waals surface area contributed by atoms with Gasteiger partial charge in [-0.25, -0.2) is 8.42 Å². The van der Waals surface area contributed by atoms with Crippen LogP contribution in [-0.4, -0.2) is 53.8 Å². The zero-order chi connectivity index (χ0) is 23.7. The van der Waals surface area contributed by atoms with Crippen LogP contribution >= 0.6 is 11.8 Å². The van der Waals surface area contributed by atoms with Crippen molar-refractivity contribution in [2.75, 3.05) is 25.4 Å². The summed E-state index contributed by atoms with van der Waals surface area (Å²) in [6.07, 6.45) is 2.92. The van der Waals surface area contributed by atoms with Crippen LogP contribution in [-0.2, 0) is 15.4 Å². The summed E-state index contributed by atoms with van der Waals surface area (Å²) in [6.45, 7) is 8.01. The van der Waals surface area contributed by atoms with Crippen molar-refractivity contribution < 1.29 is 13.2 Å². The second-order valence-electron chi connectivity index (χ2n) is 9.74. The van der Waals surface area contributed by atoms with E-state index in [0.717, 1.165) is 11.3 Å². The zero-order valence-electron chi connectivity index (χ0n) is 19.5. The lowest BCUT2D eigenvalue weighted by Gasteiger charge is -2.43. The van der Waals surface area contributed by atoms with Crippen molar-refractivity contribution in [2.24, 2.45) is 0 Å². The van der Waals surface area contributed by atoms with Crippen LogP contribution in [0.25, 0.3) is 6.08 Å². The van der Waals surface area contributed by atoms with Crippen molar-refractivity contribution in [1.82, 2.24) is 9.21 Å². The Bertz CT molecular complexity index is 1110. The molecule has 0 atom stereocenters. The molecule has 0 saturated carbocycles. The molecule has 176 valence electrons. The normalized spacial score (nSPS) is 19.4. The lowest BCUT2D eigenvalue weighted by atomic mass is 9.86. The number of sulfonamides is 1. The maximum Gasteiger partial charge on any atom is 0.254 e. The summed E-state index contributed by atoms with van der Waals surface area (Å²) in [4.78, 5) is 15.0. The number of carbonyl (C=O) groups is 1. The molecule has 0 N–H and O–H groups in total. The number of nitrogens with zero attached hydrogens (tertiary/aromatic N) is 2. The lowest BCUT2D eigenvalue weighted by Crippen LogP contribution is -2.53. The van der Waals surface area contributed by atoms with Crippen LogP contribution in [0.2, 0.25) is 0 Å². The number of hydrogen-bond acceptors (Lipinski definition) is 4. The highest BCUT2D eigenvalue weighted by molar-refractivity contribution is 8.00. The minimum absolute atomic E-state index is 0.0412. The zero-order valence-corrected chi connectivity index (χ0v) is 21.2. The van der Waals surface area contributed by atoms with E-state index in [-0.39, 0.29) is 16.2 Å². The molecule has 1 spiro atoms. The van der Waals surface area contributed by atoms with Gasteiger partial charge in [0.25, 0.3) is 5.91 Å². The lowest BCUT2D eigenvalue weighted by molar-refractivity contribution is 0.0605. The molecule has 0 unspecified atom stereocenters. The van der Waals surface area contributed by atoms with E-state index in [4.69, 9.17) is 0 Å². The van der Waals surface area contributed by atoms with Gasteiger partial charge in [-0.05, 0) is 47.6 Å². The number of carbonyl (C=O) groups excluding carboxylic acids is 1. The number of piperidine rings is 1. The number of amides is 1. The van der Waals surface area contributed by atoms with Gasteiger partial charge in [0.1, 0.15) is 0 Å². The van der Waals surface area contributed by atoms with Crippen molar-refractivity contribution in [3.63, 3.8) is 0 Å². The predicted molar refractivity (Wildman–Crippen MR) is 137 cm³/mol. The molecule has 0 bridgehead atoms. The van der Waals surface area contributed by atoms with Gasteiger partial charge in [-0.3, -0.25) is 4.79 Å². The Kier molecular flexibility index (Phi) is 6.76. The van der Waals surface area contributed by atoms with Gasteiger partial charge in [0.15, 0.2) is 0 Å². The van der Waals surface area contributed by atoms with Crippen molar-refractivity contribution in [1.29, 1.82) is 0 Å². The Balaban J connectivity index is 1.44. The molecule has 2 aromatic carbocycles. The molecule has 4 rings (SSSR count). The first-order chi connectivity index (χ1) is 15.6. The van der Waals surface area contributed by atoms with E-state index in [0.29, 0.717) is 38.0 Å². The molecule has 2 aromatic rings. The molecule has 2 heterocycles. The van der Waals surface area contributed by atoms with Crippen molar-refractivity contribution in [3.8, 4) is 0 Å². The molecule has 0 aliphatic carbocycles. The van der Waals surface area contributed by atoms with Crippen LogP contribution in [0.5, 0.6) is 0 Å². The maximum absolute atomic E-state index is 13.4. The summed E-state index contributed by atoms with van der Waals surface area (Å²) in [5.74, 6) is 0.924. The van der Waals surface area contributed by atoms with E-state index in [1.807, 2.05) is 59.5 Å². The first kappa shape index (κ1) is 24.0. The fraction of sp³-hybridized carbons (Fsp3) is 0.423. The molecule has 1 amide bonds. The van der Waals surface area contributed by atoms with Gasteiger partial charge in [0, 0.05) is 36.4 Å². The average molecular weight is 485 g/mol. The number of rotatable bonds is 4. The highest BCUT2D eigenvalue weighted by atomic mass is 32.2. The standard InChI is InChI=1S/C26H32N2O3S2/c1-25(2,3)23-11-9-22(10-12-23)24(29)28-18-19-32-26(28)14-16-27(17-15-26)33(30,31)20-13-21-7-5-4-6-8-21/h4-13,20H,14-19H2,1-3H3/b20-13+. The van der Waals surface area contributed by atoms with Crippen molar-refractivity contribution in [2.45, 2.75) is 43.9 Å². The van der Waals surface area contributed by atoms with E-state index in [2.05, 4.69) is 20.8 Å². The molecule has 2 aliphatic rings. The highest BCUT2D eigenvalue weighted by Crippen LogP contribution is 2.45. The largest absolute Gasteiger partial charge is 0.323 e. The third-order valence-corrected chi connectivity index (χ3v) is 9.63. The van der Waals surface area contributed by atoms with Gasteiger partial charge >= 0.3 is 0 Å². The Hall–Kier alpha value is -2.09. The molecule has 5 nitrogen and oxygen atoms in total. The first-order valence-electron chi connectivity index (χ1n) is 11.4. The van der Waals surface area contributed by atoms with E-state index >= 15 is 0 Å². The first-order valence-corrected chi connectivity index (χ1v) is 13.9. The molecule has 0 aromatic heterocycles. The second kappa shape index (κ2) is 9.28. The monoisotopic (exact) mass is 484 g/mol. The predicted octanol–water partition coefficient (Wildman–Crippen LogP) is 4.97. The van der Waals surface area contributed by atoms with E-state index in [9.17, 15) is 13.2 Å². The number of hydrogen-bond donors (Lipinski definition) is 0. The molecule has 33 heavy (non-hydrogen) atoms. The van der Waals surface area contributed by atoms with Crippen molar-refractivity contribution in [3.05, 3.63) is 76.7 Å². The van der Waals surface area contributed by atoms with Gasteiger partial charge in [-0.2, -0.15) is 4.31 Å². The Morgan fingerprint density at radius 2 is 1.61 bits per heavy atom. The van der Waals surface area contributed by atoms with Crippen LogP contribution in [0.3, 0.4) is 0 Å². The van der Waals surface area contributed by atoms with Crippen LogP contribution in [0, 0.1) is 0 Å². The molecule has 2 aliphatic heterocycles. The third kappa shape index (κ3) is 5.20. The summed E-state index contributed by atoms with van der Waals surface area (Å²) in [5.41, 5.74) is 2.80. The molecule has 0 radical (unpaired) electrons. The minimum Gasteiger partial charge on any atom is -0.323 e. The maximum atomic E-state index is 13.4. The summed E-state index contributed by atoms with van der Waals surface area (Å²) in [6, 6.07) is 17.4. The summed E-state index contributed by atoms with van der Waals surface area (Å²) < 4.78 is 27.3. The summed E-state index contributed by atoms with van der Waals surface area (Å²) in [5, 5.41) is 1.29. The SMILES string of the molecule is CC(C)(C)c1ccc(C(=O)N2CCSC23CCN(S(=O)(=O)/C=C/c2ccccc2)CC3)cc1. The number of benzene rings is 2. The van der Waals surface area contributed by atoms with Crippen LogP contribution in [0.1, 0.15) is 55.1 Å². The fourth-order valence-corrected chi connectivity index (χ4v) is 7.13. The summed E-state index contributed by atoms with van der Waals surface area (Å²) >= 11 is 1.79. The minimum atomic E-state index is -3.50. The highest BCUT2D eigenvalue weighted by Gasteiger charge is 2.47. The van der Waals surface area contributed by atoms with Crippen LogP contribution in [0.15, 0.2) is 60.0 Å². The topological polar surface area (TPSA) is 57.7 Å². The van der Waals surface area contributed by atoms with Gasteiger partial charge < -0.3 is 4.90 Å². The van der Waals surface area contributed by atoms with Gasteiger partial charge in [0.2, 0.25) is 10.0 Å². The Labute approximate surface area is 201 Å². The molecule has 2 saturated heterocycles. The summed E-state index contributed by atoms with van der Waals surface area (Å²) in [7, 11) is -3.50. The second-order valence-corrected chi connectivity index (χ2v) is 13.0. The smallest absolute Gasteiger partial charge is 0.254 e. The molecular weight excluding hydrogens is 452 g/mol. The third-order valence-electron chi connectivity index (χ3n) is 6.52. The Morgan fingerprint density at radius 3 is 2.21 bits per heavy atom. The Morgan fingerprint density at radius 1 is 0.970 bits per heavy atom. The quantitative estimate of drug-likeness (QED) is 0.615. The van der Waals surface area contributed by atoms with E-state index in [1.165, 1.54) is 15.3 Å². The van der Waals surface area contributed by atoms with E-state index < -0.39 is 10.0 Å².